The fourth-order valence-corrected chi connectivity index (χ4v) is 1.84. The van der Waals surface area contributed by atoms with Gasteiger partial charge in [-0.1, -0.05) is 19.3 Å². The summed E-state index contributed by atoms with van der Waals surface area (Å²) < 4.78 is 0. The van der Waals surface area contributed by atoms with Gasteiger partial charge in [0.2, 0.25) is 0 Å². The third-order valence-corrected chi connectivity index (χ3v) is 3.03. The van der Waals surface area contributed by atoms with E-state index in [9.17, 15) is 9.59 Å². The average Bonchev–Trinajstić information content (AvgIpc) is 2.47. The van der Waals surface area contributed by atoms with Crippen molar-refractivity contribution in [2.24, 2.45) is 0 Å². The predicted molar refractivity (Wildman–Crippen MR) is 85.3 cm³/mol. The lowest BCUT2D eigenvalue weighted by Crippen LogP contribution is -2.32. The number of aliphatic hydroxyl groups excluding tert-OH is 3. The van der Waals surface area contributed by atoms with Gasteiger partial charge in [0, 0.05) is 32.5 Å². The Bertz CT molecular complexity index is 255. The largest absolute Gasteiger partial charge is 0.481 e. The highest BCUT2D eigenvalue weighted by atomic mass is 16.4. The molecule has 0 bridgehead atoms. The number of carboxylic acid groups (broad SMARTS) is 2. The number of nitrogens with zero attached hydrogens (tertiary/aromatic N) is 1. The van der Waals surface area contributed by atoms with E-state index in [0.29, 0.717) is 32.5 Å². The molecule has 8 heteroatoms. The van der Waals surface area contributed by atoms with Gasteiger partial charge in [0.15, 0.2) is 0 Å². The topological polar surface area (TPSA) is 139 Å². The summed E-state index contributed by atoms with van der Waals surface area (Å²) in [5.41, 5.74) is 0. The smallest absolute Gasteiger partial charge is 0.303 e. The molecular formula is C15H31NO7. The van der Waals surface area contributed by atoms with Crippen LogP contribution in [0.15, 0.2) is 0 Å². The molecular weight excluding hydrogens is 306 g/mol. The first kappa shape index (κ1) is 24.0. The van der Waals surface area contributed by atoms with Crippen LogP contribution in [0.1, 0.15) is 44.9 Å². The number of aliphatic hydroxyl groups is 3. The number of hydrogen-bond donors (Lipinski definition) is 5. The molecule has 0 unspecified atom stereocenters. The molecule has 0 saturated carbocycles. The number of rotatable bonds is 14. The Balaban J connectivity index is 0. The van der Waals surface area contributed by atoms with Crippen molar-refractivity contribution in [1.29, 1.82) is 0 Å². The molecule has 138 valence electrons. The molecule has 0 spiro atoms. The summed E-state index contributed by atoms with van der Waals surface area (Å²) in [5, 5.41) is 42.1. The van der Waals surface area contributed by atoms with Crippen molar-refractivity contribution in [2.45, 2.75) is 44.9 Å². The maximum atomic E-state index is 10.1. The van der Waals surface area contributed by atoms with Crippen molar-refractivity contribution in [3.8, 4) is 0 Å². The molecule has 0 aromatic heterocycles. The van der Waals surface area contributed by atoms with Crippen LogP contribution in [-0.4, -0.2) is 81.8 Å². The van der Waals surface area contributed by atoms with Crippen molar-refractivity contribution >= 4 is 11.9 Å². The number of carbonyl (C=O) groups is 2. The third kappa shape index (κ3) is 23.2. The zero-order chi connectivity index (χ0) is 17.9. The third-order valence-electron chi connectivity index (χ3n) is 3.03. The molecule has 0 fully saturated rings. The fourth-order valence-electron chi connectivity index (χ4n) is 1.84. The van der Waals surface area contributed by atoms with Gasteiger partial charge in [0.1, 0.15) is 0 Å². The second kappa shape index (κ2) is 18.8. The zero-order valence-electron chi connectivity index (χ0n) is 13.7. The highest BCUT2D eigenvalue weighted by molar-refractivity contribution is 5.66. The highest BCUT2D eigenvalue weighted by Gasteiger charge is 2.00. The van der Waals surface area contributed by atoms with Gasteiger partial charge in [-0.15, -0.1) is 0 Å². The average molecular weight is 337 g/mol. The molecule has 0 radical (unpaired) electrons. The first-order valence-electron chi connectivity index (χ1n) is 7.96. The standard InChI is InChI=1S/C9H16O4.C6H15NO3/c10-8(11)6-4-2-1-3-5-7-9(12)13;8-4-1-7(2-5-9)3-6-10/h1-7H2,(H,10,11)(H,12,13);8-10H,1-6H2. The van der Waals surface area contributed by atoms with Crippen molar-refractivity contribution in [1.82, 2.24) is 4.90 Å². The molecule has 0 rings (SSSR count). The first-order valence-corrected chi connectivity index (χ1v) is 7.96. The van der Waals surface area contributed by atoms with Gasteiger partial charge >= 0.3 is 11.9 Å². The minimum absolute atomic E-state index is 0.0694. The lowest BCUT2D eigenvalue weighted by molar-refractivity contribution is -0.138. The summed E-state index contributed by atoms with van der Waals surface area (Å²) >= 11 is 0. The van der Waals surface area contributed by atoms with E-state index >= 15 is 0 Å². The molecule has 23 heavy (non-hydrogen) atoms. The van der Waals surface area contributed by atoms with E-state index in [0.717, 1.165) is 19.3 Å². The van der Waals surface area contributed by atoms with Crippen LogP contribution in [0.25, 0.3) is 0 Å². The lowest BCUT2D eigenvalue weighted by atomic mass is 10.1. The van der Waals surface area contributed by atoms with Crippen LogP contribution >= 0.6 is 0 Å². The molecule has 0 aromatic carbocycles. The van der Waals surface area contributed by atoms with Gasteiger partial charge in [-0.2, -0.15) is 0 Å². The Kier molecular flexibility index (Phi) is 19.7. The number of unbranched alkanes of at least 4 members (excludes halogenated alkanes) is 4. The van der Waals surface area contributed by atoms with Crippen LogP contribution in [0, 0.1) is 0 Å². The maximum Gasteiger partial charge on any atom is 0.303 e. The van der Waals surface area contributed by atoms with Crippen molar-refractivity contribution < 1.29 is 35.1 Å². The summed E-state index contributed by atoms with van der Waals surface area (Å²) in [6.07, 6.45) is 4.53. The van der Waals surface area contributed by atoms with E-state index < -0.39 is 11.9 Å². The number of carboxylic acids is 2. The Morgan fingerprint density at radius 3 is 1.17 bits per heavy atom. The van der Waals surface area contributed by atoms with E-state index in [2.05, 4.69) is 0 Å². The summed E-state index contributed by atoms with van der Waals surface area (Å²) in [7, 11) is 0. The summed E-state index contributed by atoms with van der Waals surface area (Å²) in [6, 6.07) is 0. The first-order chi connectivity index (χ1) is 11.0. The summed E-state index contributed by atoms with van der Waals surface area (Å²) in [6.45, 7) is 1.75. The van der Waals surface area contributed by atoms with E-state index in [4.69, 9.17) is 25.5 Å². The molecule has 0 atom stereocenters. The van der Waals surface area contributed by atoms with Gasteiger partial charge in [-0.3, -0.25) is 14.5 Å². The molecule has 5 N–H and O–H groups in total. The number of aliphatic carboxylic acids is 2. The van der Waals surface area contributed by atoms with Gasteiger partial charge in [-0.25, -0.2) is 0 Å². The Labute approximate surface area is 137 Å². The summed E-state index contributed by atoms with van der Waals surface area (Å²) in [4.78, 5) is 22.0. The van der Waals surface area contributed by atoms with Crippen molar-refractivity contribution in [3.63, 3.8) is 0 Å². The Morgan fingerprint density at radius 2 is 0.913 bits per heavy atom. The predicted octanol–water partition coefficient (Wildman–Crippen LogP) is 0.152. The quantitative estimate of drug-likeness (QED) is 0.282. The van der Waals surface area contributed by atoms with Crippen LogP contribution in [0.4, 0.5) is 0 Å². The molecule has 0 amide bonds. The Morgan fingerprint density at radius 1 is 0.609 bits per heavy atom. The van der Waals surface area contributed by atoms with Crippen molar-refractivity contribution in [3.05, 3.63) is 0 Å². The van der Waals surface area contributed by atoms with Crippen LogP contribution in [-0.2, 0) is 9.59 Å². The molecule has 0 heterocycles. The zero-order valence-corrected chi connectivity index (χ0v) is 13.7. The molecule has 0 aliphatic carbocycles. The second-order valence-corrected chi connectivity index (χ2v) is 5.07. The monoisotopic (exact) mass is 337 g/mol. The Hall–Kier alpha value is -1.22. The lowest BCUT2D eigenvalue weighted by Gasteiger charge is -2.17. The SMILES string of the molecule is O=C(O)CCCCCCCC(=O)O.OCCN(CCO)CCO. The van der Waals surface area contributed by atoms with Gasteiger partial charge in [-0.05, 0) is 12.8 Å². The van der Waals surface area contributed by atoms with Crippen LogP contribution in [0.5, 0.6) is 0 Å². The molecule has 0 aromatic rings. The number of hydrogen-bond acceptors (Lipinski definition) is 6. The van der Waals surface area contributed by atoms with Gasteiger partial charge < -0.3 is 25.5 Å². The second-order valence-electron chi connectivity index (χ2n) is 5.07. The van der Waals surface area contributed by atoms with Gasteiger partial charge in [0.05, 0.1) is 19.8 Å². The minimum Gasteiger partial charge on any atom is -0.481 e. The summed E-state index contributed by atoms with van der Waals surface area (Å²) in [5.74, 6) is -1.52. The molecule has 0 aliphatic rings. The van der Waals surface area contributed by atoms with Crippen LogP contribution in [0.3, 0.4) is 0 Å². The van der Waals surface area contributed by atoms with Gasteiger partial charge in [0.25, 0.3) is 0 Å². The highest BCUT2D eigenvalue weighted by Crippen LogP contribution is 2.06. The normalized spacial score (nSPS) is 10.3. The van der Waals surface area contributed by atoms with Crippen molar-refractivity contribution in [2.75, 3.05) is 39.5 Å². The molecule has 8 nitrogen and oxygen atoms in total. The van der Waals surface area contributed by atoms with E-state index in [1.54, 1.807) is 4.90 Å². The minimum atomic E-state index is -0.759. The molecule has 0 aliphatic heterocycles. The van der Waals surface area contributed by atoms with Crippen LogP contribution < -0.4 is 0 Å². The van der Waals surface area contributed by atoms with Crippen LogP contribution in [0.2, 0.25) is 0 Å². The maximum absolute atomic E-state index is 10.1. The molecule has 0 saturated heterocycles. The fraction of sp³-hybridized carbons (Fsp3) is 0.867. The van der Waals surface area contributed by atoms with E-state index in [-0.39, 0.29) is 32.7 Å². The van der Waals surface area contributed by atoms with E-state index in [1.807, 2.05) is 0 Å². The van der Waals surface area contributed by atoms with E-state index in [1.165, 1.54) is 0 Å².